The second-order valence-corrected chi connectivity index (χ2v) is 19.3. The van der Waals surface area contributed by atoms with Gasteiger partial charge in [-0.3, -0.25) is 13.8 Å². The zero-order chi connectivity index (χ0) is 45.0. The summed E-state index contributed by atoms with van der Waals surface area (Å²) in [7, 11) is 1.54. The van der Waals surface area contributed by atoms with Gasteiger partial charge in [-0.2, -0.15) is 0 Å². The molecular formula is C52H96N2O6P+. The molecule has 0 saturated heterocycles. The Morgan fingerprint density at radius 2 is 1.00 bits per heavy atom. The number of likely N-dealkylation sites (N-methyl/N-ethyl adjacent to an activating group) is 1. The van der Waals surface area contributed by atoms with E-state index < -0.39 is 20.0 Å². The van der Waals surface area contributed by atoms with E-state index in [9.17, 15) is 19.4 Å². The zero-order valence-electron chi connectivity index (χ0n) is 40.1. The number of allylic oxidation sites excluding steroid dienone is 11. The first kappa shape index (κ1) is 58.9. The van der Waals surface area contributed by atoms with Crippen LogP contribution in [0, 0.1) is 0 Å². The highest BCUT2D eigenvalue weighted by atomic mass is 31.2. The molecule has 9 heteroatoms. The molecule has 0 fully saturated rings. The number of phosphoric acid groups is 1. The lowest BCUT2D eigenvalue weighted by Gasteiger charge is -2.25. The van der Waals surface area contributed by atoms with Crippen LogP contribution in [0.25, 0.3) is 0 Å². The highest BCUT2D eigenvalue weighted by molar-refractivity contribution is 7.47. The van der Waals surface area contributed by atoms with Crippen LogP contribution in [0.15, 0.2) is 72.9 Å². The minimum absolute atomic E-state index is 0.0523. The average molecular weight is 876 g/mol. The number of amides is 1. The first-order valence-electron chi connectivity index (χ1n) is 24.8. The van der Waals surface area contributed by atoms with Crippen LogP contribution in [-0.2, 0) is 18.4 Å². The Bertz CT molecular complexity index is 1220. The lowest BCUT2D eigenvalue weighted by atomic mass is 10.0. The molecule has 0 aliphatic carbocycles. The van der Waals surface area contributed by atoms with Crippen LogP contribution < -0.4 is 5.32 Å². The number of aliphatic hydroxyl groups is 1. The number of quaternary nitrogens is 1. The van der Waals surface area contributed by atoms with Crippen molar-refractivity contribution >= 4 is 13.7 Å². The Morgan fingerprint density at radius 1 is 0.574 bits per heavy atom. The van der Waals surface area contributed by atoms with E-state index >= 15 is 0 Å². The van der Waals surface area contributed by atoms with Crippen molar-refractivity contribution in [3.05, 3.63) is 72.9 Å². The molecule has 0 aromatic rings. The summed E-state index contributed by atoms with van der Waals surface area (Å²) < 4.78 is 23.6. The van der Waals surface area contributed by atoms with E-state index in [0.29, 0.717) is 17.4 Å². The van der Waals surface area contributed by atoms with Crippen molar-refractivity contribution in [2.75, 3.05) is 40.9 Å². The summed E-state index contributed by atoms with van der Waals surface area (Å²) in [4.78, 5) is 23.2. The average Bonchev–Trinajstić information content (AvgIpc) is 3.21. The van der Waals surface area contributed by atoms with E-state index in [2.05, 4.69) is 79.9 Å². The van der Waals surface area contributed by atoms with Gasteiger partial charge in [-0.05, 0) is 70.6 Å². The molecule has 3 atom stereocenters. The van der Waals surface area contributed by atoms with Crippen LogP contribution in [0.4, 0.5) is 0 Å². The normalized spacial score (nSPS) is 14.8. The van der Waals surface area contributed by atoms with E-state index in [0.717, 1.165) is 64.2 Å². The summed E-state index contributed by atoms with van der Waals surface area (Å²) >= 11 is 0. The van der Waals surface area contributed by atoms with Gasteiger partial charge in [0.2, 0.25) is 5.91 Å². The molecule has 0 saturated carbocycles. The highest BCUT2D eigenvalue weighted by Gasteiger charge is 2.27. The largest absolute Gasteiger partial charge is 0.472 e. The predicted molar refractivity (Wildman–Crippen MR) is 263 cm³/mol. The summed E-state index contributed by atoms with van der Waals surface area (Å²) in [6, 6.07) is -0.868. The van der Waals surface area contributed by atoms with Gasteiger partial charge in [0.25, 0.3) is 0 Å². The molecule has 61 heavy (non-hydrogen) atoms. The maximum atomic E-state index is 12.9. The number of carbonyl (C=O) groups excluding carboxylic acids is 1. The Morgan fingerprint density at radius 3 is 1.51 bits per heavy atom. The first-order chi connectivity index (χ1) is 29.5. The van der Waals surface area contributed by atoms with Crippen LogP contribution in [-0.4, -0.2) is 73.4 Å². The van der Waals surface area contributed by atoms with Gasteiger partial charge >= 0.3 is 7.82 Å². The molecule has 0 rings (SSSR count). The van der Waals surface area contributed by atoms with Crippen molar-refractivity contribution in [1.29, 1.82) is 0 Å². The molecule has 0 bridgehead atoms. The molecule has 1 amide bonds. The van der Waals surface area contributed by atoms with Crippen LogP contribution in [0.3, 0.4) is 0 Å². The zero-order valence-corrected chi connectivity index (χ0v) is 41.0. The molecular weight excluding hydrogens is 780 g/mol. The number of carbonyl (C=O) groups is 1. The SMILES string of the molecule is CC/C=C\C/C=C\C/C=C\C/C=C\CCCCCCCCCCCCC(=O)NC(COP(=O)(O)OCC[N+](C)(C)C)C(O)/C=C/CC/C=C/CCCCCCCCCCCC. The van der Waals surface area contributed by atoms with Crippen molar-refractivity contribution in [3.8, 4) is 0 Å². The third-order valence-electron chi connectivity index (χ3n) is 10.7. The van der Waals surface area contributed by atoms with Crippen molar-refractivity contribution in [3.63, 3.8) is 0 Å². The second-order valence-electron chi connectivity index (χ2n) is 17.8. The van der Waals surface area contributed by atoms with Gasteiger partial charge in [0, 0.05) is 6.42 Å². The van der Waals surface area contributed by atoms with Crippen LogP contribution in [0.2, 0.25) is 0 Å². The number of hydrogen-bond donors (Lipinski definition) is 3. The fourth-order valence-electron chi connectivity index (χ4n) is 6.75. The van der Waals surface area contributed by atoms with E-state index in [1.165, 1.54) is 116 Å². The van der Waals surface area contributed by atoms with Crippen molar-refractivity contribution in [2.45, 2.75) is 212 Å². The smallest absolute Gasteiger partial charge is 0.387 e. The fourth-order valence-corrected chi connectivity index (χ4v) is 7.49. The maximum absolute atomic E-state index is 12.9. The van der Waals surface area contributed by atoms with Crippen LogP contribution >= 0.6 is 7.82 Å². The lowest BCUT2D eigenvalue weighted by molar-refractivity contribution is -0.870. The fraction of sp³-hybridized carbons (Fsp3) is 0.750. The quantitative estimate of drug-likeness (QED) is 0.0244. The standard InChI is InChI=1S/C52H95N2O6P/c1-6-8-10-12-14-16-18-20-22-24-25-26-27-28-29-30-32-34-36-38-40-42-44-46-52(56)53-50(49-60-61(57,58)59-48-47-54(3,4)5)51(55)45-43-41-39-37-35-33-31-23-21-19-17-15-13-11-9-7-2/h8,10,14,16,20,22,25-26,35,37,43,45,50-51,55H,6-7,9,11-13,15,17-19,21,23-24,27-34,36,38-42,44,46-49H2,1-5H3,(H-,53,56,57,58)/p+1/b10-8-,16-14-,22-20-,26-25-,37-35+,45-43+. The van der Waals surface area contributed by atoms with Gasteiger partial charge in [-0.25, -0.2) is 4.57 Å². The summed E-state index contributed by atoms with van der Waals surface area (Å²) in [6.45, 7) is 4.67. The van der Waals surface area contributed by atoms with Crippen LogP contribution in [0.5, 0.6) is 0 Å². The third-order valence-corrected chi connectivity index (χ3v) is 11.6. The van der Waals surface area contributed by atoms with E-state index in [1.54, 1.807) is 6.08 Å². The molecule has 0 spiro atoms. The molecule has 0 aromatic heterocycles. The lowest BCUT2D eigenvalue weighted by Crippen LogP contribution is -2.45. The van der Waals surface area contributed by atoms with E-state index in [4.69, 9.17) is 9.05 Å². The molecule has 0 aromatic carbocycles. The topological polar surface area (TPSA) is 105 Å². The Labute approximate surface area is 376 Å². The Balaban J connectivity index is 4.36. The first-order valence-corrected chi connectivity index (χ1v) is 26.3. The number of hydrogen-bond acceptors (Lipinski definition) is 5. The number of nitrogens with one attached hydrogen (secondary N) is 1. The monoisotopic (exact) mass is 876 g/mol. The number of rotatable bonds is 44. The van der Waals surface area contributed by atoms with Gasteiger partial charge in [-0.15, -0.1) is 0 Å². The highest BCUT2D eigenvalue weighted by Crippen LogP contribution is 2.43. The molecule has 0 aliphatic heterocycles. The molecule has 8 nitrogen and oxygen atoms in total. The minimum atomic E-state index is -4.35. The molecule has 0 radical (unpaired) electrons. The van der Waals surface area contributed by atoms with Gasteiger partial charge in [0.15, 0.2) is 0 Å². The van der Waals surface area contributed by atoms with Gasteiger partial charge in [0.1, 0.15) is 13.2 Å². The van der Waals surface area contributed by atoms with Crippen molar-refractivity contribution in [2.24, 2.45) is 0 Å². The maximum Gasteiger partial charge on any atom is 0.472 e. The Hall–Kier alpha value is -2.06. The van der Waals surface area contributed by atoms with E-state index in [1.807, 2.05) is 27.2 Å². The molecule has 0 aliphatic rings. The second kappa shape index (κ2) is 43.2. The summed E-state index contributed by atoms with van der Waals surface area (Å²) in [6.07, 6.45) is 58.4. The minimum Gasteiger partial charge on any atom is -0.387 e. The molecule has 354 valence electrons. The molecule has 0 heterocycles. The predicted octanol–water partition coefficient (Wildman–Crippen LogP) is 14.4. The molecule has 3 N–H and O–H groups in total. The van der Waals surface area contributed by atoms with E-state index in [-0.39, 0.29) is 19.1 Å². The molecule has 3 unspecified atom stereocenters. The number of aliphatic hydroxyl groups excluding tert-OH is 1. The van der Waals surface area contributed by atoms with Crippen molar-refractivity contribution < 1.29 is 32.9 Å². The van der Waals surface area contributed by atoms with Gasteiger partial charge < -0.3 is 19.8 Å². The van der Waals surface area contributed by atoms with Gasteiger partial charge in [0.05, 0.1) is 39.9 Å². The number of unbranched alkanes of at least 4 members (excludes halogenated alkanes) is 21. The number of nitrogens with zero attached hydrogens (tertiary/aromatic N) is 1. The number of phosphoric ester groups is 1. The summed E-state index contributed by atoms with van der Waals surface area (Å²) in [5.74, 6) is -0.194. The summed E-state index contributed by atoms with van der Waals surface area (Å²) in [5.41, 5.74) is 0. The van der Waals surface area contributed by atoms with Gasteiger partial charge in [-0.1, -0.05) is 196 Å². The third kappa shape index (κ3) is 45.8. The Kier molecular flexibility index (Phi) is 41.7. The van der Waals surface area contributed by atoms with Crippen LogP contribution in [0.1, 0.15) is 200 Å². The summed E-state index contributed by atoms with van der Waals surface area (Å²) in [5, 5.41) is 13.8. The van der Waals surface area contributed by atoms with Crippen molar-refractivity contribution in [1.82, 2.24) is 5.32 Å².